The molecule has 0 spiro atoms. The van der Waals surface area contributed by atoms with Crippen molar-refractivity contribution in [3.63, 3.8) is 0 Å². The molecule has 1 aromatic heterocycles. The molecule has 0 radical (unpaired) electrons. The zero-order chi connectivity index (χ0) is 21.2. The number of ether oxygens (including phenoxy) is 1. The number of nitrogens with one attached hydrogen (secondary N) is 3. The standard InChI is InChI=1S/C24H36N4OS.HI/c1-4-25-23(26-17-19(2)22-11-8-16-30-22)27-18-24(12-14-29-15-13-24)28-20(3)21-9-6-5-7-10-21;/h5-11,16,19-20,28H,4,12-15,17-18H2,1-3H3,(H2,25,26,27);1H. The van der Waals surface area contributed by atoms with Crippen LogP contribution in [0, 0.1) is 0 Å². The molecule has 7 heteroatoms. The van der Waals surface area contributed by atoms with E-state index in [9.17, 15) is 0 Å². The quantitative estimate of drug-likeness (QED) is 0.233. The zero-order valence-corrected chi connectivity index (χ0v) is 22.0. The van der Waals surface area contributed by atoms with E-state index in [0.29, 0.717) is 5.92 Å². The second-order valence-corrected chi connectivity index (χ2v) is 9.14. The largest absolute Gasteiger partial charge is 0.381 e. The van der Waals surface area contributed by atoms with Gasteiger partial charge in [-0.2, -0.15) is 0 Å². The van der Waals surface area contributed by atoms with Crippen LogP contribution >= 0.6 is 35.3 Å². The fraction of sp³-hybridized carbons (Fsp3) is 0.542. The molecule has 1 saturated heterocycles. The highest BCUT2D eigenvalue weighted by atomic mass is 127. The number of benzene rings is 1. The lowest BCUT2D eigenvalue weighted by molar-refractivity contribution is 0.0374. The first-order valence-corrected chi connectivity index (χ1v) is 12.0. The van der Waals surface area contributed by atoms with E-state index in [0.717, 1.165) is 51.6 Å². The molecule has 2 unspecified atom stereocenters. The molecule has 3 rings (SSSR count). The van der Waals surface area contributed by atoms with Crippen molar-refractivity contribution in [3.05, 3.63) is 58.3 Å². The maximum Gasteiger partial charge on any atom is 0.191 e. The molecule has 3 N–H and O–H groups in total. The van der Waals surface area contributed by atoms with Gasteiger partial charge in [0.15, 0.2) is 5.96 Å². The minimum atomic E-state index is -0.0464. The molecule has 0 aliphatic carbocycles. The zero-order valence-electron chi connectivity index (χ0n) is 18.9. The van der Waals surface area contributed by atoms with E-state index in [2.05, 4.69) is 84.6 Å². The van der Waals surface area contributed by atoms with Crippen molar-refractivity contribution in [2.45, 2.75) is 51.1 Å². The maximum atomic E-state index is 5.67. The highest BCUT2D eigenvalue weighted by Crippen LogP contribution is 2.26. The van der Waals surface area contributed by atoms with Gasteiger partial charge < -0.3 is 20.7 Å². The van der Waals surface area contributed by atoms with Gasteiger partial charge in [0.25, 0.3) is 0 Å². The van der Waals surface area contributed by atoms with Gasteiger partial charge in [-0.1, -0.05) is 43.3 Å². The summed E-state index contributed by atoms with van der Waals surface area (Å²) in [6, 6.07) is 15.2. The summed E-state index contributed by atoms with van der Waals surface area (Å²) in [6.45, 7) is 10.6. The molecule has 2 heterocycles. The van der Waals surface area contributed by atoms with Crippen LogP contribution in [-0.2, 0) is 4.74 Å². The number of hydrogen-bond donors (Lipinski definition) is 3. The van der Waals surface area contributed by atoms with Crippen LogP contribution in [0.25, 0.3) is 0 Å². The van der Waals surface area contributed by atoms with Crippen molar-refractivity contribution in [3.8, 4) is 0 Å². The highest BCUT2D eigenvalue weighted by Gasteiger charge is 2.34. The van der Waals surface area contributed by atoms with Gasteiger partial charge in [0, 0.05) is 48.7 Å². The number of nitrogens with zero attached hydrogens (tertiary/aromatic N) is 1. The summed E-state index contributed by atoms with van der Waals surface area (Å²) >= 11 is 1.81. The molecule has 1 aliphatic heterocycles. The molecule has 5 nitrogen and oxygen atoms in total. The van der Waals surface area contributed by atoms with Gasteiger partial charge in [0.2, 0.25) is 0 Å². The molecule has 2 aromatic rings. The lowest BCUT2D eigenvalue weighted by Gasteiger charge is -2.39. The van der Waals surface area contributed by atoms with E-state index >= 15 is 0 Å². The van der Waals surface area contributed by atoms with E-state index < -0.39 is 0 Å². The Bertz CT molecular complexity index is 763. The van der Waals surface area contributed by atoms with Gasteiger partial charge in [-0.15, -0.1) is 35.3 Å². The Hall–Kier alpha value is -1.16. The van der Waals surface area contributed by atoms with Crippen molar-refractivity contribution in [2.24, 2.45) is 4.99 Å². The third-order valence-electron chi connectivity index (χ3n) is 5.76. The normalized spacial score (nSPS) is 18.0. The average molecular weight is 557 g/mol. The highest BCUT2D eigenvalue weighted by molar-refractivity contribution is 14.0. The summed E-state index contributed by atoms with van der Waals surface area (Å²) in [5.41, 5.74) is 1.26. The third-order valence-corrected chi connectivity index (χ3v) is 6.86. The van der Waals surface area contributed by atoms with Crippen LogP contribution in [0.1, 0.15) is 56.0 Å². The summed E-state index contributed by atoms with van der Waals surface area (Å²) in [7, 11) is 0. The molecule has 0 amide bonds. The molecular weight excluding hydrogens is 519 g/mol. The molecule has 1 aromatic carbocycles. The molecular formula is C24H37IN4OS. The van der Waals surface area contributed by atoms with Crippen LogP contribution in [0.15, 0.2) is 52.8 Å². The Morgan fingerprint density at radius 2 is 1.84 bits per heavy atom. The van der Waals surface area contributed by atoms with Crippen molar-refractivity contribution in [1.29, 1.82) is 0 Å². The molecule has 0 bridgehead atoms. The lowest BCUT2D eigenvalue weighted by atomic mass is 9.88. The topological polar surface area (TPSA) is 57.7 Å². The monoisotopic (exact) mass is 556 g/mol. The second kappa shape index (κ2) is 13.4. The minimum absolute atomic E-state index is 0. The van der Waals surface area contributed by atoms with Gasteiger partial charge in [-0.3, -0.25) is 4.99 Å². The summed E-state index contributed by atoms with van der Waals surface area (Å²) in [5.74, 6) is 1.35. The van der Waals surface area contributed by atoms with Gasteiger partial charge in [-0.25, -0.2) is 0 Å². The first-order chi connectivity index (χ1) is 14.6. The van der Waals surface area contributed by atoms with Crippen LogP contribution in [-0.4, -0.2) is 44.3 Å². The summed E-state index contributed by atoms with van der Waals surface area (Å²) < 4.78 is 5.67. The molecule has 0 saturated carbocycles. The predicted octanol–water partition coefficient (Wildman–Crippen LogP) is 4.92. The van der Waals surface area contributed by atoms with Crippen LogP contribution in [0.4, 0.5) is 0 Å². The fourth-order valence-electron chi connectivity index (χ4n) is 3.89. The smallest absolute Gasteiger partial charge is 0.191 e. The Morgan fingerprint density at radius 3 is 2.48 bits per heavy atom. The number of aliphatic imine (C=N–C) groups is 1. The van der Waals surface area contributed by atoms with E-state index in [1.54, 1.807) is 0 Å². The molecule has 1 aliphatic rings. The molecule has 31 heavy (non-hydrogen) atoms. The maximum absolute atomic E-state index is 5.67. The van der Waals surface area contributed by atoms with Crippen LogP contribution in [0.3, 0.4) is 0 Å². The van der Waals surface area contributed by atoms with Crippen molar-refractivity contribution >= 4 is 41.3 Å². The number of hydrogen-bond acceptors (Lipinski definition) is 4. The van der Waals surface area contributed by atoms with Crippen molar-refractivity contribution < 1.29 is 4.74 Å². The van der Waals surface area contributed by atoms with Gasteiger partial charge in [0.05, 0.1) is 6.54 Å². The minimum Gasteiger partial charge on any atom is -0.381 e. The van der Waals surface area contributed by atoms with E-state index in [4.69, 9.17) is 9.73 Å². The van der Waals surface area contributed by atoms with Gasteiger partial charge >= 0.3 is 0 Å². The first-order valence-electron chi connectivity index (χ1n) is 11.1. The molecule has 1 fully saturated rings. The fourth-order valence-corrected chi connectivity index (χ4v) is 4.68. The Labute approximate surface area is 208 Å². The van der Waals surface area contributed by atoms with Crippen molar-refractivity contribution in [2.75, 3.05) is 32.8 Å². The Balaban J connectivity index is 0.00000341. The molecule has 172 valence electrons. The Morgan fingerprint density at radius 1 is 1.10 bits per heavy atom. The number of thiophene rings is 1. The van der Waals surface area contributed by atoms with Gasteiger partial charge in [0.1, 0.15) is 0 Å². The number of halogens is 1. The lowest BCUT2D eigenvalue weighted by Crippen LogP contribution is -2.53. The van der Waals surface area contributed by atoms with E-state index in [-0.39, 0.29) is 35.6 Å². The van der Waals surface area contributed by atoms with Crippen LogP contribution in [0.2, 0.25) is 0 Å². The third kappa shape index (κ3) is 8.04. The van der Waals surface area contributed by atoms with Crippen LogP contribution < -0.4 is 16.0 Å². The van der Waals surface area contributed by atoms with E-state index in [1.165, 1.54) is 10.4 Å². The number of rotatable bonds is 9. The Kier molecular flexibility index (Phi) is 11.3. The van der Waals surface area contributed by atoms with Crippen molar-refractivity contribution in [1.82, 2.24) is 16.0 Å². The first kappa shape index (κ1) is 26.1. The molecule has 2 atom stereocenters. The SMILES string of the molecule is CCNC(=NCC1(NC(C)c2ccccc2)CCOCC1)NCC(C)c1cccs1.I. The summed E-state index contributed by atoms with van der Waals surface area (Å²) in [4.78, 5) is 6.39. The van der Waals surface area contributed by atoms with Gasteiger partial charge in [-0.05, 0) is 43.7 Å². The second-order valence-electron chi connectivity index (χ2n) is 8.16. The predicted molar refractivity (Wildman–Crippen MR) is 143 cm³/mol. The average Bonchev–Trinajstić information content (AvgIpc) is 3.32. The summed E-state index contributed by atoms with van der Waals surface area (Å²) in [6.07, 6.45) is 1.94. The number of guanidine groups is 1. The summed E-state index contributed by atoms with van der Waals surface area (Å²) in [5, 5.41) is 13.0. The van der Waals surface area contributed by atoms with E-state index in [1.807, 2.05) is 11.3 Å². The van der Waals surface area contributed by atoms with Crippen LogP contribution in [0.5, 0.6) is 0 Å².